The van der Waals surface area contributed by atoms with E-state index in [4.69, 9.17) is 16.7 Å². The van der Waals surface area contributed by atoms with Gasteiger partial charge in [0.2, 0.25) is 0 Å². The predicted molar refractivity (Wildman–Crippen MR) is 72.6 cm³/mol. The van der Waals surface area contributed by atoms with Gasteiger partial charge in [-0.05, 0) is 24.6 Å². The van der Waals surface area contributed by atoms with Crippen LogP contribution in [0.25, 0.3) is 0 Å². The molecule has 0 spiro atoms. The van der Waals surface area contributed by atoms with E-state index in [2.05, 4.69) is 10.3 Å². The number of carboxylic acids is 1. The number of hydrogen-bond donors (Lipinski definition) is 2. The van der Waals surface area contributed by atoms with Crippen molar-refractivity contribution in [2.24, 2.45) is 0 Å². The van der Waals surface area contributed by atoms with Crippen molar-refractivity contribution in [3.8, 4) is 0 Å². The maximum absolute atomic E-state index is 10.7. The molecule has 0 aliphatic heterocycles. The fourth-order valence-corrected chi connectivity index (χ4v) is 2.48. The molecular weight excluding hydrogens is 272 g/mol. The smallest absolute Gasteiger partial charge is 0.336 e. The van der Waals surface area contributed by atoms with Gasteiger partial charge in [-0.1, -0.05) is 11.6 Å². The summed E-state index contributed by atoms with van der Waals surface area (Å²) in [6.07, 6.45) is 1.67. The summed E-state index contributed by atoms with van der Waals surface area (Å²) in [7, 11) is 0. The maximum Gasteiger partial charge on any atom is 0.336 e. The number of aromatic nitrogens is 1. The van der Waals surface area contributed by atoms with Crippen LogP contribution in [-0.2, 0) is 6.54 Å². The number of anilines is 1. The lowest BCUT2D eigenvalue weighted by molar-refractivity contribution is 0.0697. The molecule has 0 bridgehead atoms. The minimum atomic E-state index is -0.901. The molecule has 0 atom stereocenters. The van der Waals surface area contributed by atoms with Gasteiger partial charge in [0.05, 0.1) is 17.4 Å². The van der Waals surface area contributed by atoms with Crippen LogP contribution in [0.4, 0.5) is 5.69 Å². The van der Waals surface area contributed by atoms with Crippen LogP contribution >= 0.6 is 22.9 Å². The molecule has 0 amide bonds. The van der Waals surface area contributed by atoms with E-state index in [9.17, 15) is 4.79 Å². The Hall–Kier alpha value is -1.59. The van der Waals surface area contributed by atoms with Gasteiger partial charge in [0.1, 0.15) is 5.15 Å². The normalized spacial score (nSPS) is 10.3. The van der Waals surface area contributed by atoms with Crippen molar-refractivity contribution >= 4 is 34.6 Å². The van der Waals surface area contributed by atoms with E-state index < -0.39 is 5.97 Å². The van der Waals surface area contributed by atoms with Crippen LogP contribution in [0.5, 0.6) is 0 Å². The van der Waals surface area contributed by atoms with Crippen LogP contribution in [0.1, 0.15) is 20.8 Å². The average Bonchev–Trinajstić information content (AvgIpc) is 2.76. The zero-order valence-electron chi connectivity index (χ0n) is 9.61. The van der Waals surface area contributed by atoms with Gasteiger partial charge in [0.15, 0.2) is 0 Å². The second kappa shape index (κ2) is 5.37. The molecule has 0 aromatic carbocycles. The first-order valence-electron chi connectivity index (χ1n) is 5.23. The first kappa shape index (κ1) is 12.9. The van der Waals surface area contributed by atoms with Crippen molar-refractivity contribution in [1.29, 1.82) is 0 Å². The van der Waals surface area contributed by atoms with Gasteiger partial charge >= 0.3 is 5.97 Å². The summed E-state index contributed by atoms with van der Waals surface area (Å²) in [6.45, 7) is 2.51. The van der Waals surface area contributed by atoms with Crippen LogP contribution in [0, 0.1) is 6.92 Å². The second-order valence-corrected chi connectivity index (χ2v) is 5.17. The summed E-state index contributed by atoms with van der Waals surface area (Å²) < 4.78 is 0. The predicted octanol–water partition coefficient (Wildman–Crippen LogP) is 3.42. The molecule has 18 heavy (non-hydrogen) atoms. The molecule has 2 aromatic heterocycles. The molecule has 6 heteroatoms. The molecule has 0 saturated carbocycles. The molecular formula is C12H11ClN2O2S. The van der Waals surface area contributed by atoms with Gasteiger partial charge < -0.3 is 10.4 Å². The quantitative estimate of drug-likeness (QED) is 0.844. The zero-order valence-corrected chi connectivity index (χ0v) is 11.2. The van der Waals surface area contributed by atoms with E-state index in [1.165, 1.54) is 11.3 Å². The Morgan fingerprint density at radius 3 is 2.94 bits per heavy atom. The largest absolute Gasteiger partial charge is 0.478 e. The molecule has 0 aliphatic rings. The number of carbonyl (C=O) groups is 1. The Bertz CT molecular complexity index is 583. The van der Waals surface area contributed by atoms with Gasteiger partial charge in [0, 0.05) is 16.8 Å². The molecule has 2 aromatic rings. The summed E-state index contributed by atoms with van der Waals surface area (Å²) in [6, 6.07) is 3.44. The SMILES string of the molecule is Cc1cc(Cl)ncc1NCc1cc(C(=O)O)cs1. The molecule has 94 valence electrons. The number of carboxylic acid groups (broad SMARTS) is 1. The summed E-state index contributed by atoms with van der Waals surface area (Å²) in [5, 5.41) is 14.1. The van der Waals surface area contributed by atoms with E-state index in [1.807, 2.05) is 6.92 Å². The molecule has 2 N–H and O–H groups in total. The van der Waals surface area contributed by atoms with Crippen molar-refractivity contribution in [1.82, 2.24) is 4.98 Å². The first-order valence-corrected chi connectivity index (χ1v) is 6.49. The van der Waals surface area contributed by atoms with E-state index in [0.29, 0.717) is 17.3 Å². The van der Waals surface area contributed by atoms with Crippen LogP contribution in [0.2, 0.25) is 5.15 Å². The minimum absolute atomic E-state index is 0.322. The summed E-state index contributed by atoms with van der Waals surface area (Å²) in [4.78, 5) is 15.7. The van der Waals surface area contributed by atoms with Gasteiger partial charge in [-0.15, -0.1) is 11.3 Å². The second-order valence-electron chi connectivity index (χ2n) is 3.78. The van der Waals surface area contributed by atoms with Crippen LogP contribution < -0.4 is 5.32 Å². The van der Waals surface area contributed by atoms with Crippen LogP contribution in [0.15, 0.2) is 23.7 Å². The van der Waals surface area contributed by atoms with Crippen molar-refractivity contribution in [3.05, 3.63) is 44.9 Å². The number of nitrogens with zero attached hydrogens (tertiary/aromatic N) is 1. The number of pyridine rings is 1. The topological polar surface area (TPSA) is 62.2 Å². The number of hydrogen-bond acceptors (Lipinski definition) is 4. The van der Waals surface area contributed by atoms with Gasteiger partial charge in [0.25, 0.3) is 0 Å². The average molecular weight is 283 g/mol. The summed E-state index contributed by atoms with van der Waals surface area (Å²) in [5.41, 5.74) is 2.22. The molecule has 2 rings (SSSR count). The van der Waals surface area contributed by atoms with Crippen molar-refractivity contribution in [2.45, 2.75) is 13.5 Å². The van der Waals surface area contributed by atoms with E-state index >= 15 is 0 Å². The van der Waals surface area contributed by atoms with Gasteiger partial charge in [-0.3, -0.25) is 0 Å². The molecule has 0 saturated heterocycles. The van der Waals surface area contributed by atoms with E-state index in [1.54, 1.807) is 23.7 Å². The Morgan fingerprint density at radius 2 is 2.33 bits per heavy atom. The molecule has 4 nitrogen and oxygen atoms in total. The summed E-state index contributed by atoms with van der Waals surface area (Å²) >= 11 is 7.19. The molecule has 0 radical (unpaired) electrons. The zero-order chi connectivity index (χ0) is 13.1. The number of nitrogens with one attached hydrogen (secondary N) is 1. The van der Waals surface area contributed by atoms with E-state index in [-0.39, 0.29) is 0 Å². The number of thiophene rings is 1. The third-order valence-electron chi connectivity index (χ3n) is 2.43. The Labute approximate surface area is 113 Å². The maximum atomic E-state index is 10.7. The highest BCUT2D eigenvalue weighted by atomic mass is 35.5. The van der Waals surface area contributed by atoms with Crippen LogP contribution in [-0.4, -0.2) is 16.1 Å². The highest BCUT2D eigenvalue weighted by molar-refractivity contribution is 7.10. The van der Waals surface area contributed by atoms with Crippen LogP contribution in [0.3, 0.4) is 0 Å². The molecule has 0 fully saturated rings. The Kier molecular flexibility index (Phi) is 3.84. The standard InChI is InChI=1S/C12H11ClN2O2S/c1-7-2-11(13)15-5-10(7)14-4-9-3-8(6-18-9)12(16)17/h2-3,5-6,14H,4H2,1H3,(H,16,17). The fourth-order valence-electron chi connectivity index (χ4n) is 1.47. The highest BCUT2D eigenvalue weighted by Crippen LogP contribution is 2.20. The highest BCUT2D eigenvalue weighted by Gasteiger charge is 2.07. The lowest BCUT2D eigenvalue weighted by atomic mass is 10.2. The molecule has 2 heterocycles. The first-order chi connectivity index (χ1) is 8.56. The number of rotatable bonds is 4. The minimum Gasteiger partial charge on any atom is -0.478 e. The Balaban J connectivity index is 2.04. The van der Waals surface area contributed by atoms with Gasteiger partial charge in [-0.25, -0.2) is 9.78 Å². The lowest BCUT2D eigenvalue weighted by Crippen LogP contribution is -2.00. The van der Waals surface area contributed by atoms with Crippen molar-refractivity contribution in [2.75, 3.05) is 5.32 Å². The van der Waals surface area contributed by atoms with E-state index in [0.717, 1.165) is 16.1 Å². The number of aromatic carboxylic acids is 1. The summed E-state index contributed by atoms with van der Waals surface area (Å²) in [5.74, 6) is -0.901. The van der Waals surface area contributed by atoms with Crippen molar-refractivity contribution < 1.29 is 9.90 Å². The molecule has 0 aliphatic carbocycles. The third-order valence-corrected chi connectivity index (χ3v) is 3.57. The monoisotopic (exact) mass is 282 g/mol. The Morgan fingerprint density at radius 1 is 1.56 bits per heavy atom. The number of halogens is 1. The van der Waals surface area contributed by atoms with Crippen molar-refractivity contribution in [3.63, 3.8) is 0 Å². The third kappa shape index (κ3) is 3.00. The van der Waals surface area contributed by atoms with Gasteiger partial charge in [-0.2, -0.15) is 0 Å². The molecule has 0 unspecified atom stereocenters. The number of aryl methyl sites for hydroxylation is 1. The lowest BCUT2D eigenvalue weighted by Gasteiger charge is -2.07. The fraction of sp³-hybridized carbons (Fsp3) is 0.167.